The number of anilines is 3. The molecule has 8 nitrogen and oxygen atoms in total. The summed E-state index contributed by atoms with van der Waals surface area (Å²) in [6, 6.07) is 7.52. The molecule has 1 amide bonds. The van der Waals surface area contributed by atoms with Gasteiger partial charge < -0.3 is 16.4 Å². The highest BCUT2D eigenvalue weighted by Crippen LogP contribution is 2.26. The second-order valence-electron chi connectivity index (χ2n) is 6.09. The van der Waals surface area contributed by atoms with Crippen molar-refractivity contribution in [3.63, 3.8) is 0 Å². The summed E-state index contributed by atoms with van der Waals surface area (Å²) >= 11 is 1.58. The van der Waals surface area contributed by atoms with Gasteiger partial charge in [0.15, 0.2) is 0 Å². The smallest absolute Gasteiger partial charge is 0.292 e. The van der Waals surface area contributed by atoms with Crippen LogP contribution in [0.25, 0.3) is 10.6 Å². The predicted octanol–water partition coefficient (Wildman–Crippen LogP) is 2.04. The zero-order valence-electron chi connectivity index (χ0n) is 15.4. The zero-order chi connectivity index (χ0) is 19.6. The van der Waals surface area contributed by atoms with Crippen LogP contribution < -0.4 is 21.9 Å². The Labute approximate surface area is 160 Å². The third kappa shape index (κ3) is 3.87. The maximum atomic E-state index is 12.3. The van der Waals surface area contributed by atoms with Crippen molar-refractivity contribution < 1.29 is 4.79 Å². The van der Waals surface area contributed by atoms with E-state index in [0.717, 1.165) is 22.7 Å². The van der Waals surface area contributed by atoms with Crippen molar-refractivity contribution in [2.75, 3.05) is 22.9 Å². The minimum Gasteiger partial charge on any atom is -0.382 e. The number of aryl methyl sites for hydroxylation is 1. The Morgan fingerprint density at radius 2 is 2.07 bits per heavy atom. The highest BCUT2D eigenvalue weighted by atomic mass is 32.1. The van der Waals surface area contributed by atoms with Gasteiger partial charge in [-0.2, -0.15) is 0 Å². The molecule has 0 aliphatic rings. The fourth-order valence-corrected chi connectivity index (χ4v) is 3.50. The van der Waals surface area contributed by atoms with Crippen molar-refractivity contribution in [3.8, 4) is 10.6 Å². The van der Waals surface area contributed by atoms with Gasteiger partial charge in [0.25, 0.3) is 5.56 Å². The van der Waals surface area contributed by atoms with E-state index >= 15 is 0 Å². The predicted molar refractivity (Wildman–Crippen MR) is 109 cm³/mol. The van der Waals surface area contributed by atoms with E-state index in [9.17, 15) is 9.59 Å². The Morgan fingerprint density at radius 3 is 2.70 bits per heavy atom. The normalized spacial score (nSPS) is 10.8. The number of thiazole rings is 1. The Kier molecular flexibility index (Phi) is 5.31. The molecule has 3 aromatic rings. The van der Waals surface area contributed by atoms with E-state index in [-0.39, 0.29) is 29.5 Å². The number of nitrogens with zero attached hydrogens (tertiary/aromatic N) is 3. The van der Waals surface area contributed by atoms with Gasteiger partial charge in [-0.3, -0.25) is 19.0 Å². The van der Waals surface area contributed by atoms with Gasteiger partial charge in [0.05, 0.1) is 12.2 Å². The molecule has 0 unspecified atom stereocenters. The highest BCUT2D eigenvalue weighted by Gasteiger charge is 2.14. The number of carbonyl (C=O) groups is 1. The molecule has 9 heteroatoms. The molecule has 27 heavy (non-hydrogen) atoms. The van der Waals surface area contributed by atoms with Crippen molar-refractivity contribution >= 4 is 34.4 Å². The lowest BCUT2D eigenvalue weighted by molar-refractivity contribution is -0.114. The lowest BCUT2D eigenvalue weighted by Crippen LogP contribution is -2.25. The molecule has 3 rings (SSSR count). The van der Waals surface area contributed by atoms with Crippen molar-refractivity contribution in [2.45, 2.75) is 13.3 Å². The van der Waals surface area contributed by atoms with Crippen LogP contribution in [0, 0.1) is 0 Å². The van der Waals surface area contributed by atoms with Crippen LogP contribution in [0.2, 0.25) is 0 Å². The average molecular weight is 386 g/mol. The standard InChI is InChI=1S/C18H22N6O2S/c1-4-12-10-27-17(22-12)11-6-5-7-13(8-11)21-14(25)9-20-15-16(19)23(2)24(3)18(15)26/h5-8,10,20H,4,9,19H2,1-3H3,(H,21,25). The largest absolute Gasteiger partial charge is 0.382 e. The van der Waals surface area contributed by atoms with Crippen LogP contribution in [0.5, 0.6) is 0 Å². The van der Waals surface area contributed by atoms with Crippen molar-refractivity contribution in [1.82, 2.24) is 14.3 Å². The van der Waals surface area contributed by atoms with Crippen molar-refractivity contribution in [1.29, 1.82) is 0 Å². The summed E-state index contributed by atoms with van der Waals surface area (Å²) in [6.45, 7) is 2.00. The van der Waals surface area contributed by atoms with E-state index in [1.54, 1.807) is 25.4 Å². The van der Waals surface area contributed by atoms with Crippen LogP contribution in [-0.4, -0.2) is 26.8 Å². The SMILES string of the molecule is CCc1csc(-c2cccc(NC(=O)CNc3c(N)n(C)n(C)c3=O)c2)n1. The summed E-state index contributed by atoms with van der Waals surface area (Å²) in [5.74, 6) is 0.0126. The van der Waals surface area contributed by atoms with Gasteiger partial charge in [-0.1, -0.05) is 19.1 Å². The number of nitrogens with two attached hydrogens (primary N) is 1. The molecule has 0 aliphatic carbocycles. The number of carbonyl (C=O) groups excluding carboxylic acids is 1. The first kappa shape index (κ1) is 18.7. The maximum Gasteiger partial charge on any atom is 0.292 e. The molecule has 0 saturated carbocycles. The van der Waals surface area contributed by atoms with E-state index < -0.39 is 0 Å². The molecule has 0 radical (unpaired) electrons. The van der Waals surface area contributed by atoms with E-state index in [1.807, 2.05) is 29.6 Å². The summed E-state index contributed by atoms with van der Waals surface area (Å²) in [6.07, 6.45) is 0.890. The fourth-order valence-electron chi connectivity index (χ4n) is 2.60. The molecule has 142 valence electrons. The van der Waals surface area contributed by atoms with Gasteiger partial charge in [-0.25, -0.2) is 4.98 Å². The Hall–Kier alpha value is -3.07. The lowest BCUT2D eigenvalue weighted by atomic mass is 10.2. The second kappa shape index (κ2) is 7.67. The molecule has 4 N–H and O–H groups in total. The molecule has 1 aromatic carbocycles. The third-order valence-corrected chi connectivity index (χ3v) is 5.24. The van der Waals surface area contributed by atoms with Gasteiger partial charge in [-0.15, -0.1) is 11.3 Å². The second-order valence-corrected chi connectivity index (χ2v) is 6.95. The number of nitrogen functional groups attached to an aromatic ring is 1. The van der Waals surface area contributed by atoms with Crippen LogP contribution in [0.15, 0.2) is 34.4 Å². The number of nitrogens with one attached hydrogen (secondary N) is 2. The summed E-state index contributed by atoms with van der Waals surface area (Å²) in [4.78, 5) is 28.9. The van der Waals surface area contributed by atoms with Gasteiger partial charge >= 0.3 is 0 Å². The summed E-state index contributed by atoms with van der Waals surface area (Å²) in [5, 5.41) is 8.60. The highest BCUT2D eigenvalue weighted by molar-refractivity contribution is 7.13. The molecular formula is C18H22N6O2S. The summed E-state index contributed by atoms with van der Waals surface area (Å²) in [5.41, 5.74) is 8.50. The molecule has 0 atom stereocenters. The molecule has 0 saturated heterocycles. The van der Waals surface area contributed by atoms with E-state index in [1.165, 1.54) is 9.36 Å². The van der Waals surface area contributed by atoms with E-state index in [0.29, 0.717) is 5.69 Å². The fraction of sp³-hybridized carbons (Fsp3) is 0.278. The first-order valence-electron chi connectivity index (χ1n) is 8.50. The Morgan fingerprint density at radius 1 is 1.30 bits per heavy atom. The summed E-state index contributed by atoms with van der Waals surface area (Å²) in [7, 11) is 3.29. The number of amides is 1. The summed E-state index contributed by atoms with van der Waals surface area (Å²) < 4.78 is 2.89. The number of benzene rings is 1. The molecule has 0 fully saturated rings. The third-order valence-electron chi connectivity index (χ3n) is 4.30. The molecule has 0 aliphatic heterocycles. The van der Waals surface area contributed by atoms with Gasteiger partial charge in [0.2, 0.25) is 5.91 Å². The number of hydrogen-bond donors (Lipinski definition) is 3. The Balaban J connectivity index is 1.67. The maximum absolute atomic E-state index is 12.3. The molecule has 2 aromatic heterocycles. The number of rotatable bonds is 6. The van der Waals surface area contributed by atoms with Crippen LogP contribution in [0.4, 0.5) is 17.2 Å². The van der Waals surface area contributed by atoms with Gasteiger partial charge in [-0.05, 0) is 18.6 Å². The van der Waals surface area contributed by atoms with Gasteiger partial charge in [0.1, 0.15) is 16.5 Å². The van der Waals surface area contributed by atoms with Crippen molar-refractivity contribution in [3.05, 3.63) is 45.7 Å². The number of aromatic nitrogens is 3. The van der Waals surface area contributed by atoms with E-state index in [4.69, 9.17) is 5.73 Å². The number of hydrogen-bond acceptors (Lipinski definition) is 6. The minimum absolute atomic E-state index is 0.0646. The topological polar surface area (TPSA) is 107 Å². The van der Waals surface area contributed by atoms with Crippen LogP contribution in [0.3, 0.4) is 0 Å². The first-order chi connectivity index (χ1) is 12.9. The van der Waals surface area contributed by atoms with Crippen LogP contribution in [-0.2, 0) is 25.3 Å². The van der Waals surface area contributed by atoms with Gasteiger partial charge in [0, 0.05) is 30.7 Å². The average Bonchev–Trinajstić information content (AvgIpc) is 3.21. The van der Waals surface area contributed by atoms with Crippen LogP contribution in [0.1, 0.15) is 12.6 Å². The van der Waals surface area contributed by atoms with E-state index in [2.05, 4.69) is 22.5 Å². The molecular weight excluding hydrogens is 364 g/mol. The molecule has 2 heterocycles. The zero-order valence-corrected chi connectivity index (χ0v) is 16.3. The quantitative estimate of drug-likeness (QED) is 0.601. The monoisotopic (exact) mass is 386 g/mol. The molecule has 0 spiro atoms. The minimum atomic E-state index is -0.278. The Bertz CT molecular complexity index is 1030. The first-order valence-corrected chi connectivity index (χ1v) is 9.38. The molecule has 0 bridgehead atoms. The van der Waals surface area contributed by atoms with Crippen LogP contribution >= 0.6 is 11.3 Å². The lowest BCUT2D eigenvalue weighted by Gasteiger charge is -2.08. The van der Waals surface area contributed by atoms with Crippen molar-refractivity contribution in [2.24, 2.45) is 14.1 Å².